The number of nitrogens with one attached hydrogen (secondary N) is 1. The molecule has 0 spiro atoms. The van der Waals surface area contributed by atoms with E-state index in [1.807, 2.05) is 85.1 Å². The van der Waals surface area contributed by atoms with E-state index in [-0.39, 0.29) is 6.61 Å². The van der Waals surface area contributed by atoms with Gasteiger partial charge in [0.1, 0.15) is 23.9 Å². The zero-order valence-corrected chi connectivity index (χ0v) is 22.1. The molecule has 0 aliphatic heterocycles. The van der Waals surface area contributed by atoms with Crippen LogP contribution in [0.2, 0.25) is 0 Å². The molecule has 0 fully saturated rings. The van der Waals surface area contributed by atoms with Crippen molar-refractivity contribution in [1.82, 2.24) is 25.0 Å². The first-order valence-electron chi connectivity index (χ1n) is 12.8. The molecular formula is C32H27N5O3. The Morgan fingerprint density at radius 3 is 2.17 bits per heavy atom. The van der Waals surface area contributed by atoms with Gasteiger partial charge in [0, 0.05) is 17.2 Å². The second kappa shape index (κ2) is 11.2. The zero-order valence-electron chi connectivity index (χ0n) is 22.1. The van der Waals surface area contributed by atoms with Crippen molar-refractivity contribution >= 4 is 0 Å². The minimum atomic E-state index is 0.238. The topological polar surface area (TPSA) is 87.1 Å². The summed E-state index contributed by atoms with van der Waals surface area (Å²) >= 11 is 0. The lowest BCUT2D eigenvalue weighted by Gasteiger charge is -2.09. The van der Waals surface area contributed by atoms with Crippen LogP contribution in [0.4, 0.5) is 0 Å². The summed E-state index contributed by atoms with van der Waals surface area (Å²) < 4.78 is 18.7. The standard InChI is InChI=1S/C32H27N5O3/c1-38-28-18-17-25(19-29(28)39-2)37-20-24(35-36-37)21-40-27-16-10-9-15-26(27)32-33-30(22-11-5-3-6-12-22)31(34-32)23-13-7-4-8-14-23/h3-20H,21H2,1-2H3,(H,33,34). The van der Waals surface area contributed by atoms with Gasteiger partial charge >= 0.3 is 0 Å². The zero-order chi connectivity index (χ0) is 27.3. The van der Waals surface area contributed by atoms with Crippen molar-refractivity contribution in [3.05, 3.63) is 115 Å². The SMILES string of the molecule is COc1ccc(-n2cc(COc3ccccc3-c3nc(-c4ccccc4)c(-c4ccccc4)[nH]3)nn2)cc1OC. The normalized spacial score (nSPS) is 10.8. The van der Waals surface area contributed by atoms with Gasteiger partial charge in [-0.3, -0.25) is 0 Å². The van der Waals surface area contributed by atoms with Gasteiger partial charge in [0.2, 0.25) is 0 Å². The van der Waals surface area contributed by atoms with Crippen molar-refractivity contribution in [2.24, 2.45) is 0 Å². The number of methoxy groups -OCH3 is 2. The molecule has 4 aromatic carbocycles. The van der Waals surface area contributed by atoms with E-state index in [0.717, 1.165) is 39.6 Å². The molecule has 0 bridgehead atoms. The van der Waals surface area contributed by atoms with Crippen LogP contribution in [0, 0.1) is 0 Å². The minimum Gasteiger partial charge on any atom is -0.493 e. The van der Waals surface area contributed by atoms with Gasteiger partial charge in [0.25, 0.3) is 0 Å². The van der Waals surface area contributed by atoms with E-state index in [1.165, 1.54) is 0 Å². The maximum atomic E-state index is 6.25. The fourth-order valence-electron chi connectivity index (χ4n) is 4.52. The lowest BCUT2D eigenvalue weighted by Crippen LogP contribution is -1.98. The number of ether oxygens (including phenoxy) is 3. The maximum Gasteiger partial charge on any atom is 0.162 e. The average molecular weight is 530 g/mol. The lowest BCUT2D eigenvalue weighted by atomic mass is 10.1. The molecule has 1 N–H and O–H groups in total. The molecule has 8 heteroatoms. The Morgan fingerprint density at radius 2 is 1.43 bits per heavy atom. The van der Waals surface area contributed by atoms with Crippen LogP contribution in [0.15, 0.2) is 109 Å². The van der Waals surface area contributed by atoms with Crippen LogP contribution in [0.3, 0.4) is 0 Å². The van der Waals surface area contributed by atoms with E-state index < -0.39 is 0 Å². The predicted molar refractivity (Wildman–Crippen MR) is 154 cm³/mol. The minimum absolute atomic E-state index is 0.238. The molecule has 40 heavy (non-hydrogen) atoms. The first kappa shape index (κ1) is 24.9. The van der Waals surface area contributed by atoms with Gasteiger partial charge in [-0.25, -0.2) is 9.67 Å². The Hall–Kier alpha value is -5.37. The predicted octanol–water partition coefficient (Wildman–Crippen LogP) is 6.59. The number of benzene rings is 4. The number of aromatic nitrogens is 5. The molecule has 8 nitrogen and oxygen atoms in total. The monoisotopic (exact) mass is 529 g/mol. The van der Waals surface area contributed by atoms with E-state index in [2.05, 4.69) is 39.6 Å². The molecular weight excluding hydrogens is 502 g/mol. The molecule has 198 valence electrons. The molecule has 0 aliphatic rings. The fourth-order valence-corrected chi connectivity index (χ4v) is 4.52. The third kappa shape index (κ3) is 5.02. The highest BCUT2D eigenvalue weighted by atomic mass is 16.5. The molecule has 0 radical (unpaired) electrons. The number of hydrogen-bond donors (Lipinski definition) is 1. The number of hydrogen-bond acceptors (Lipinski definition) is 6. The number of imidazole rings is 1. The molecule has 0 atom stereocenters. The van der Waals surface area contributed by atoms with Crippen LogP contribution in [0.5, 0.6) is 17.2 Å². The fraction of sp³-hybridized carbons (Fsp3) is 0.0938. The Kier molecular flexibility index (Phi) is 6.96. The highest BCUT2D eigenvalue weighted by molar-refractivity contribution is 5.82. The van der Waals surface area contributed by atoms with E-state index in [4.69, 9.17) is 19.2 Å². The van der Waals surface area contributed by atoms with Gasteiger partial charge in [-0.15, -0.1) is 5.10 Å². The van der Waals surface area contributed by atoms with Crippen molar-refractivity contribution in [3.63, 3.8) is 0 Å². The maximum absolute atomic E-state index is 6.25. The molecule has 6 aromatic rings. The third-order valence-corrected chi connectivity index (χ3v) is 6.50. The summed E-state index contributed by atoms with van der Waals surface area (Å²) in [5.41, 5.74) is 6.27. The van der Waals surface area contributed by atoms with Crippen molar-refractivity contribution in [2.45, 2.75) is 6.61 Å². The first-order valence-corrected chi connectivity index (χ1v) is 12.8. The van der Waals surface area contributed by atoms with E-state index in [9.17, 15) is 0 Å². The van der Waals surface area contributed by atoms with Crippen LogP contribution < -0.4 is 14.2 Å². The average Bonchev–Trinajstić information content (AvgIpc) is 3.69. The molecule has 2 heterocycles. The molecule has 0 saturated heterocycles. The van der Waals surface area contributed by atoms with Gasteiger partial charge in [0.15, 0.2) is 11.5 Å². The summed E-state index contributed by atoms with van der Waals surface area (Å²) in [4.78, 5) is 8.58. The Bertz CT molecular complexity index is 1670. The van der Waals surface area contributed by atoms with Gasteiger partial charge in [-0.05, 0) is 24.3 Å². The number of nitrogens with zero attached hydrogens (tertiary/aromatic N) is 4. The van der Waals surface area contributed by atoms with Gasteiger partial charge in [-0.1, -0.05) is 78.0 Å². The Balaban J connectivity index is 1.28. The molecule has 6 rings (SSSR count). The summed E-state index contributed by atoms with van der Waals surface area (Å²) in [6, 6.07) is 33.8. The molecule has 0 unspecified atom stereocenters. The van der Waals surface area contributed by atoms with Crippen LogP contribution in [-0.2, 0) is 6.61 Å². The van der Waals surface area contributed by atoms with Crippen molar-refractivity contribution in [3.8, 4) is 56.8 Å². The summed E-state index contributed by atoms with van der Waals surface area (Å²) in [7, 11) is 3.21. The summed E-state index contributed by atoms with van der Waals surface area (Å²) in [6.45, 7) is 0.238. The van der Waals surface area contributed by atoms with E-state index >= 15 is 0 Å². The lowest BCUT2D eigenvalue weighted by molar-refractivity contribution is 0.302. The molecule has 0 saturated carbocycles. The largest absolute Gasteiger partial charge is 0.493 e. The highest BCUT2D eigenvalue weighted by Gasteiger charge is 2.18. The van der Waals surface area contributed by atoms with Crippen LogP contribution >= 0.6 is 0 Å². The number of aromatic amines is 1. The molecule has 2 aromatic heterocycles. The van der Waals surface area contributed by atoms with Crippen LogP contribution in [-0.4, -0.2) is 39.2 Å². The number of rotatable bonds is 9. The van der Waals surface area contributed by atoms with Crippen LogP contribution in [0.1, 0.15) is 5.69 Å². The van der Waals surface area contributed by atoms with E-state index in [1.54, 1.807) is 18.9 Å². The second-order valence-corrected chi connectivity index (χ2v) is 9.02. The van der Waals surface area contributed by atoms with Gasteiger partial charge < -0.3 is 19.2 Å². The van der Waals surface area contributed by atoms with Crippen molar-refractivity contribution < 1.29 is 14.2 Å². The first-order chi connectivity index (χ1) is 19.7. The Morgan fingerprint density at radius 1 is 0.725 bits per heavy atom. The van der Waals surface area contributed by atoms with E-state index in [0.29, 0.717) is 22.9 Å². The second-order valence-electron chi connectivity index (χ2n) is 9.02. The summed E-state index contributed by atoms with van der Waals surface area (Å²) in [5.74, 6) is 2.68. The molecule has 0 aliphatic carbocycles. The third-order valence-electron chi connectivity index (χ3n) is 6.50. The quantitative estimate of drug-likeness (QED) is 0.227. The van der Waals surface area contributed by atoms with Crippen molar-refractivity contribution in [2.75, 3.05) is 14.2 Å². The van der Waals surface area contributed by atoms with Gasteiger partial charge in [0.05, 0.1) is 43.1 Å². The summed E-state index contributed by atoms with van der Waals surface area (Å²) in [6.07, 6.45) is 1.83. The Labute approximate surface area is 231 Å². The molecule has 0 amide bonds. The van der Waals surface area contributed by atoms with Gasteiger partial charge in [-0.2, -0.15) is 0 Å². The number of para-hydroxylation sites is 1. The number of H-pyrrole nitrogens is 1. The summed E-state index contributed by atoms with van der Waals surface area (Å²) in [5, 5.41) is 8.56. The van der Waals surface area contributed by atoms with Crippen molar-refractivity contribution in [1.29, 1.82) is 0 Å². The smallest absolute Gasteiger partial charge is 0.162 e. The highest BCUT2D eigenvalue weighted by Crippen LogP contribution is 2.36. The van der Waals surface area contributed by atoms with Crippen LogP contribution in [0.25, 0.3) is 39.6 Å².